The second-order valence-corrected chi connectivity index (χ2v) is 4.09. The molecule has 0 amide bonds. The van der Waals surface area contributed by atoms with Crippen LogP contribution in [-0.2, 0) is 0 Å². The number of rotatable bonds is 2. The lowest BCUT2D eigenvalue weighted by molar-refractivity contribution is -0.384. The first-order chi connectivity index (χ1) is 6.43. The average Bonchev–Trinajstić information content (AvgIpc) is 2.08. The number of nitrogens with zero attached hydrogens (tertiary/aromatic N) is 1. The number of ketones is 1. The van der Waals surface area contributed by atoms with Crippen molar-refractivity contribution >= 4 is 45.7 Å². The van der Waals surface area contributed by atoms with Crippen LogP contribution in [0.25, 0.3) is 0 Å². The van der Waals surface area contributed by atoms with E-state index in [1.807, 2.05) is 22.6 Å². The zero-order valence-corrected chi connectivity index (χ0v) is 10.00. The van der Waals surface area contributed by atoms with Crippen molar-refractivity contribution in [2.75, 3.05) is 0 Å². The molecule has 0 heterocycles. The van der Waals surface area contributed by atoms with Gasteiger partial charge in [-0.3, -0.25) is 14.9 Å². The molecule has 1 aromatic rings. The lowest BCUT2D eigenvalue weighted by atomic mass is 10.1. The first-order valence-corrected chi connectivity index (χ1v) is 5.03. The maximum Gasteiger partial charge on any atom is 0.271 e. The summed E-state index contributed by atoms with van der Waals surface area (Å²) in [6.07, 6.45) is 0. The van der Waals surface area contributed by atoms with Gasteiger partial charge >= 0.3 is 0 Å². The van der Waals surface area contributed by atoms with Crippen LogP contribution in [0.1, 0.15) is 17.3 Å². The molecule has 0 fully saturated rings. The first kappa shape index (κ1) is 11.4. The molecule has 0 aliphatic rings. The van der Waals surface area contributed by atoms with E-state index in [1.165, 1.54) is 19.1 Å². The highest BCUT2D eigenvalue weighted by Gasteiger charge is 2.16. The largest absolute Gasteiger partial charge is 0.294 e. The van der Waals surface area contributed by atoms with Crippen molar-refractivity contribution in [1.82, 2.24) is 0 Å². The van der Waals surface area contributed by atoms with Crippen molar-refractivity contribution in [3.8, 4) is 0 Å². The second-order valence-electron chi connectivity index (χ2n) is 2.60. The smallest absolute Gasteiger partial charge is 0.271 e. The minimum absolute atomic E-state index is 0.166. The predicted molar refractivity (Wildman–Crippen MR) is 60.8 cm³/mol. The summed E-state index contributed by atoms with van der Waals surface area (Å²) in [5, 5.41) is 10.7. The lowest BCUT2D eigenvalue weighted by Crippen LogP contribution is -1.99. The van der Waals surface area contributed by atoms with E-state index >= 15 is 0 Å². The minimum Gasteiger partial charge on any atom is -0.294 e. The second kappa shape index (κ2) is 4.22. The van der Waals surface area contributed by atoms with E-state index in [-0.39, 0.29) is 22.1 Å². The van der Waals surface area contributed by atoms with E-state index in [2.05, 4.69) is 0 Å². The number of hydrogen-bond donors (Lipinski definition) is 0. The molecule has 0 aliphatic carbocycles. The van der Waals surface area contributed by atoms with Gasteiger partial charge in [0.2, 0.25) is 0 Å². The molecule has 14 heavy (non-hydrogen) atoms. The molecular formula is C8H5ClINO3. The Morgan fingerprint density at radius 3 is 2.57 bits per heavy atom. The fourth-order valence-corrected chi connectivity index (χ4v) is 1.84. The van der Waals surface area contributed by atoms with Crippen molar-refractivity contribution in [3.05, 3.63) is 36.4 Å². The van der Waals surface area contributed by atoms with Crippen LogP contribution in [0.5, 0.6) is 0 Å². The zero-order chi connectivity index (χ0) is 10.9. The quantitative estimate of drug-likeness (QED) is 0.363. The predicted octanol–water partition coefficient (Wildman–Crippen LogP) is 3.06. The minimum atomic E-state index is -0.575. The van der Waals surface area contributed by atoms with E-state index in [0.29, 0.717) is 3.57 Å². The van der Waals surface area contributed by atoms with Crippen LogP contribution in [0, 0.1) is 13.7 Å². The zero-order valence-electron chi connectivity index (χ0n) is 7.08. The first-order valence-electron chi connectivity index (χ1n) is 3.58. The number of carbonyl (C=O) groups excluding carboxylic acids is 1. The van der Waals surface area contributed by atoms with Crippen LogP contribution in [0.3, 0.4) is 0 Å². The Morgan fingerprint density at radius 1 is 1.57 bits per heavy atom. The molecular weight excluding hydrogens is 320 g/mol. The standard InChI is InChI=1S/C8H5ClINO3/c1-4(12)6-2-5(11(13)14)3-7(9)8(6)10/h2-3H,1H3. The number of nitro groups is 1. The molecule has 74 valence electrons. The molecule has 1 rings (SSSR count). The number of benzene rings is 1. The number of non-ortho nitro benzene ring substituents is 1. The van der Waals surface area contributed by atoms with Crippen LogP contribution < -0.4 is 0 Å². The van der Waals surface area contributed by atoms with Crippen LogP contribution in [0.15, 0.2) is 12.1 Å². The SMILES string of the molecule is CC(=O)c1cc([N+](=O)[O-])cc(Cl)c1I. The highest BCUT2D eigenvalue weighted by atomic mass is 127. The van der Waals surface area contributed by atoms with Gasteiger partial charge in [0.15, 0.2) is 5.78 Å². The van der Waals surface area contributed by atoms with Crippen LogP contribution in [0.4, 0.5) is 5.69 Å². The summed E-state index contributed by atoms with van der Waals surface area (Å²) in [5.41, 5.74) is 0.116. The van der Waals surface area contributed by atoms with Gasteiger partial charge in [-0.25, -0.2) is 0 Å². The molecule has 0 unspecified atom stereocenters. The summed E-state index contributed by atoms with van der Waals surface area (Å²) in [6, 6.07) is 2.46. The lowest BCUT2D eigenvalue weighted by Gasteiger charge is -2.02. The molecule has 0 bridgehead atoms. The van der Waals surface area contributed by atoms with Crippen molar-refractivity contribution < 1.29 is 9.72 Å². The molecule has 0 N–H and O–H groups in total. The number of Topliss-reactive ketones (excluding diaryl/α,β-unsaturated/α-hetero) is 1. The maximum atomic E-state index is 11.1. The van der Waals surface area contributed by atoms with E-state index < -0.39 is 4.92 Å². The van der Waals surface area contributed by atoms with Crippen LogP contribution in [0.2, 0.25) is 5.02 Å². The molecule has 6 heteroatoms. The van der Waals surface area contributed by atoms with Gasteiger partial charge in [0.05, 0.1) is 9.95 Å². The van der Waals surface area contributed by atoms with E-state index in [1.54, 1.807) is 0 Å². The Morgan fingerprint density at radius 2 is 2.14 bits per heavy atom. The highest BCUT2D eigenvalue weighted by molar-refractivity contribution is 14.1. The molecule has 0 aliphatic heterocycles. The van der Waals surface area contributed by atoms with Crippen LogP contribution >= 0.6 is 34.2 Å². The van der Waals surface area contributed by atoms with Crippen LogP contribution in [-0.4, -0.2) is 10.7 Å². The third-order valence-electron chi connectivity index (χ3n) is 1.60. The van der Waals surface area contributed by atoms with Gasteiger partial charge in [-0.2, -0.15) is 0 Å². The molecule has 0 atom stereocenters. The summed E-state index contributed by atoms with van der Waals surface area (Å²) in [6.45, 7) is 1.34. The van der Waals surface area contributed by atoms with Gasteiger partial charge < -0.3 is 0 Å². The average molecular weight is 325 g/mol. The Hall–Kier alpha value is -0.690. The Bertz CT molecular complexity index is 419. The molecule has 0 saturated carbocycles. The van der Waals surface area contributed by atoms with E-state index in [9.17, 15) is 14.9 Å². The molecule has 0 aromatic heterocycles. The third kappa shape index (κ3) is 2.21. The Kier molecular flexibility index (Phi) is 3.43. The van der Waals surface area contributed by atoms with Gasteiger partial charge in [0, 0.05) is 21.3 Å². The molecule has 4 nitrogen and oxygen atoms in total. The Labute approximate surface area is 98.5 Å². The normalized spacial score (nSPS) is 9.93. The van der Waals surface area contributed by atoms with Crippen molar-refractivity contribution in [2.45, 2.75) is 6.92 Å². The monoisotopic (exact) mass is 325 g/mol. The van der Waals surface area contributed by atoms with Gasteiger partial charge in [-0.1, -0.05) is 11.6 Å². The van der Waals surface area contributed by atoms with Gasteiger partial charge in [0.1, 0.15) is 0 Å². The Balaban J connectivity index is 3.43. The fraction of sp³-hybridized carbons (Fsp3) is 0.125. The van der Waals surface area contributed by atoms with Crippen molar-refractivity contribution in [1.29, 1.82) is 0 Å². The summed E-state index contributed by atoms with van der Waals surface area (Å²) >= 11 is 7.63. The van der Waals surface area contributed by atoms with Gasteiger partial charge in [0.25, 0.3) is 5.69 Å². The van der Waals surface area contributed by atoms with E-state index in [4.69, 9.17) is 11.6 Å². The molecule has 1 aromatic carbocycles. The highest BCUT2D eigenvalue weighted by Crippen LogP contribution is 2.28. The van der Waals surface area contributed by atoms with Gasteiger partial charge in [-0.05, 0) is 29.5 Å². The number of nitro benzene ring substituents is 1. The van der Waals surface area contributed by atoms with E-state index in [0.717, 1.165) is 0 Å². The summed E-state index contributed by atoms with van der Waals surface area (Å²) in [4.78, 5) is 21.0. The fourth-order valence-electron chi connectivity index (χ4n) is 0.936. The topological polar surface area (TPSA) is 60.2 Å². The number of hydrogen-bond acceptors (Lipinski definition) is 3. The molecule has 0 spiro atoms. The third-order valence-corrected chi connectivity index (χ3v) is 3.38. The van der Waals surface area contributed by atoms with Gasteiger partial charge in [-0.15, -0.1) is 0 Å². The molecule has 0 saturated heterocycles. The number of halogens is 2. The number of carbonyl (C=O) groups is 1. The molecule has 0 radical (unpaired) electrons. The van der Waals surface area contributed by atoms with Crippen molar-refractivity contribution in [2.24, 2.45) is 0 Å². The summed E-state index contributed by atoms with van der Waals surface area (Å²) in [7, 11) is 0. The maximum absolute atomic E-state index is 11.1. The van der Waals surface area contributed by atoms with Crippen molar-refractivity contribution in [3.63, 3.8) is 0 Å². The summed E-state index contributed by atoms with van der Waals surface area (Å²) < 4.78 is 0.544. The summed E-state index contributed by atoms with van der Waals surface area (Å²) in [5.74, 6) is -0.236.